The minimum Gasteiger partial charge on any atom is -0.554 e. The first-order chi connectivity index (χ1) is 7.13. The first kappa shape index (κ1) is 19.6. The number of carbonyl (C=O) groups is 2. The van der Waals surface area contributed by atoms with E-state index in [4.69, 9.17) is 19.8 Å². The molecular formula is C8H7CuNO6. The molecule has 0 aliphatic carbocycles. The van der Waals surface area contributed by atoms with Crippen LogP contribution in [0.2, 0.25) is 0 Å². The predicted octanol–water partition coefficient (Wildman–Crippen LogP) is -1.68. The van der Waals surface area contributed by atoms with Crippen molar-refractivity contribution in [2.45, 2.75) is 0 Å². The van der Waals surface area contributed by atoms with E-state index in [0.29, 0.717) is 0 Å². The summed E-state index contributed by atoms with van der Waals surface area (Å²) in [6.45, 7) is -1.00. The molecule has 0 fully saturated rings. The number of hydrogen-bond donors (Lipinski definition) is 0. The third-order valence-electron chi connectivity index (χ3n) is 0.967. The zero-order valence-electron chi connectivity index (χ0n) is 7.74. The molecule has 0 saturated heterocycles. The maximum absolute atomic E-state index is 10.0. The van der Waals surface area contributed by atoms with E-state index in [1.165, 1.54) is 12.1 Å². The summed E-state index contributed by atoms with van der Waals surface area (Å²) in [5.74, 6) is 0. The smallest absolute Gasteiger partial charge is 0.554 e. The van der Waals surface area contributed by atoms with Crippen LogP contribution in [0.5, 0.6) is 0 Å². The SMILES string of the molecule is O=C[O-].O=C[O-].O=[N+]([O-])c1ccccc1.[Cu+2]. The number of benzene rings is 1. The summed E-state index contributed by atoms with van der Waals surface area (Å²) < 4.78 is 0. The average Bonchev–Trinajstić information content (AvgIpc) is 2.21. The van der Waals surface area contributed by atoms with E-state index in [-0.39, 0.29) is 22.8 Å². The van der Waals surface area contributed by atoms with Crippen LogP contribution in [-0.4, -0.2) is 17.9 Å². The quantitative estimate of drug-likeness (QED) is 0.261. The molecule has 0 atom stereocenters. The Morgan fingerprint density at radius 2 is 1.31 bits per heavy atom. The van der Waals surface area contributed by atoms with Gasteiger partial charge in [-0.1, -0.05) is 18.2 Å². The number of para-hydroxylation sites is 1. The molecule has 0 aliphatic heterocycles. The van der Waals surface area contributed by atoms with Gasteiger partial charge in [0.2, 0.25) is 0 Å². The molecule has 0 aromatic heterocycles. The van der Waals surface area contributed by atoms with Gasteiger partial charge < -0.3 is 19.8 Å². The van der Waals surface area contributed by atoms with Crippen LogP contribution < -0.4 is 10.2 Å². The zero-order valence-corrected chi connectivity index (χ0v) is 8.68. The van der Waals surface area contributed by atoms with Crippen LogP contribution in [0.4, 0.5) is 5.69 Å². The minimum absolute atomic E-state index is 0. The van der Waals surface area contributed by atoms with Gasteiger partial charge in [-0.3, -0.25) is 10.1 Å². The molecule has 91 valence electrons. The molecule has 1 aromatic carbocycles. The number of carbonyl (C=O) groups excluding carboxylic acids is 2. The Labute approximate surface area is 101 Å². The monoisotopic (exact) mass is 276 g/mol. The normalized spacial score (nSPS) is 6.50. The van der Waals surface area contributed by atoms with Crippen molar-refractivity contribution in [1.29, 1.82) is 0 Å². The molecule has 1 aromatic rings. The van der Waals surface area contributed by atoms with E-state index in [9.17, 15) is 10.1 Å². The van der Waals surface area contributed by atoms with Gasteiger partial charge >= 0.3 is 17.1 Å². The van der Waals surface area contributed by atoms with Crippen LogP contribution in [0, 0.1) is 10.1 Å². The number of rotatable bonds is 1. The third kappa shape index (κ3) is 14.6. The third-order valence-corrected chi connectivity index (χ3v) is 0.967. The Bertz CT molecular complexity index is 286. The molecule has 0 N–H and O–H groups in total. The summed E-state index contributed by atoms with van der Waals surface area (Å²) >= 11 is 0. The van der Waals surface area contributed by atoms with E-state index in [1.807, 2.05) is 0 Å². The second-order valence-corrected chi connectivity index (χ2v) is 1.79. The molecule has 0 bridgehead atoms. The summed E-state index contributed by atoms with van der Waals surface area (Å²) in [6, 6.07) is 7.93. The Kier molecular flexibility index (Phi) is 19.1. The molecule has 1 rings (SSSR count). The topological polar surface area (TPSA) is 123 Å². The Balaban J connectivity index is -0.000000207. The molecule has 16 heavy (non-hydrogen) atoms. The first-order valence-corrected chi connectivity index (χ1v) is 3.44. The standard InChI is InChI=1S/C6H5NO2.2CH2O2.Cu/c8-7(9)6-4-2-1-3-5-6;2*2-1-3;/h1-5H;2*1H,(H,2,3);/q;;;+2/p-2. The maximum atomic E-state index is 10.0. The fourth-order valence-corrected chi connectivity index (χ4v) is 0.550. The Morgan fingerprint density at radius 1 is 1.00 bits per heavy atom. The molecule has 8 heteroatoms. The van der Waals surface area contributed by atoms with Crippen LogP contribution in [0.1, 0.15) is 0 Å². The Hall–Kier alpha value is -1.92. The predicted molar refractivity (Wildman–Crippen MR) is 45.2 cm³/mol. The Morgan fingerprint density at radius 3 is 1.50 bits per heavy atom. The second kappa shape index (κ2) is 15.5. The van der Waals surface area contributed by atoms with Crippen molar-refractivity contribution in [3.63, 3.8) is 0 Å². The number of nitro benzene ring substituents is 1. The number of carboxylic acid groups (broad SMARTS) is 2. The summed E-state index contributed by atoms with van der Waals surface area (Å²) in [6.07, 6.45) is 0. The van der Waals surface area contributed by atoms with Crippen molar-refractivity contribution >= 4 is 18.6 Å². The summed E-state index contributed by atoms with van der Waals surface area (Å²) in [5, 5.41) is 26.5. The van der Waals surface area contributed by atoms with Crippen molar-refractivity contribution in [3.8, 4) is 0 Å². The van der Waals surface area contributed by atoms with Gasteiger partial charge in [0.1, 0.15) is 0 Å². The molecule has 0 unspecified atom stereocenters. The summed E-state index contributed by atoms with van der Waals surface area (Å²) in [5.41, 5.74) is 0.137. The summed E-state index contributed by atoms with van der Waals surface area (Å²) in [4.78, 5) is 26.1. The molecule has 0 aliphatic rings. The number of nitrogens with zero attached hydrogens (tertiary/aromatic N) is 1. The molecule has 0 heterocycles. The number of nitro groups is 1. The fraction of sp³-hybridized carbons (Fsp3) is 0. The van der Waals surface area contributed by atoms with Crippen LogP contribution in [-0.2, 0) is 26.7 Å². The van der Waals surface area contributed by atoms with Crippen molar-refractivity contribution in [2.75, 3.05) is 0 Å². The van der Waals surface area contributed by atoms with Crippen molar-refractivity contribution in [3.05, 3.63) is 40.4 Å². The molecule has 0 spiro atoms. The van der Waals surface area contributed by atoms with Crippen LogP contribution in [0.3, 0.4) is 0 Å². The molecular weight excluding hydrogens is 270 g/mol. The van der Waals surface area contributed by atoms with Crippen molar-refractivity contribution in [1.82, 2.24) is 0 Å². The summed E-state index contributed by atoms with van der Waals surface area (Å²) in [7, 11) is 0. The molecule has 0 amide bonds. The van der Waals surface area contributed by atoms with Gasteiger partial charge in [0.05, 0.1) is 4.92 Å². The zero-order chi connectivity index (χ0) is 12.1. The van der Waals surface area contributed by atoms with Crippen molar-refractivity contribution < 1.29 is 41.8 Å². The fourth-order valence-electron chi connectivity index (χ4n) is 0.550. The van der Waals surface area contributed by atoms with Gasteiger partial charge in [-0.25, -0.2) is 0 Å². The van der Waals surface area contributed by atoms with Gasteiger partial charge in [0.15, 0.2) is 0 Å². The van der Waals surface area contributed by atoms with Gasteiger partial charge in [-0.2, -0.15) is 0 Å². The van der Waals surface area contributed by atoms with Gasteiger partial charge in [0, 0.05) is 25.1 Å². The van der Waals surface area contributed by atoms with E-state index >= 15 is 0 Å². The van der Waals surface area contributed by atoms with Crippen molar-refractivity contribution in [2.24, 2.45) is 0 Å². The molecule has 7 nitrogen and oxygen atoms in total. The van der Waals surface area contributed by atoms with Gasteiger partial charge in [0.25, 0.3) is 5.69 Å². The number of non-ortho nitro benzene ring substituents is 1. The van der Waals surface area contributed by atoms with E-state index < -0.39 is 17.9 Å². The van der Waals surface area contributed by atoms with Crippen LogP contribution in [0.25, 0.3) is 0 Å². The van der Waals surface area contributed by atoms with Gasteiger partial charge in [-0.05, 0) is 0 Å². The largest absolute Gasteiger partial charge is 2.00 e. The molecule has 1 radical (unpaired) electrons. The van der Waals surface area contributed by atoms with E-state index in [2.05, 4.69) is 0 Å². The van der Waals surface area contributed by atoms with E-state index in [1.54, 1.807) is 18.2 Å². The first-order valence-electron chi connectivity index (χ1n) is 3.44. The maximum Gasteiger partial charge on any atom is 2.00 e. The average molecular weight is 277 g/mol. The second-order valence-electron chi connectivity index (χ2n) is 1.79. The molecule has 0 saturated carbocycles. The van der Waals surface area contributed by atoms with Gasteiger partial charge in [-0.15, -0.1) is 0 Å². The minimum atomic E-state index is -0.500. The number of hydrogen-bond acceptors (Lipinski definition) is 6. The van der Waals surface area contributed by atoms with Crippen LogP contribution >= 0.6 is 0 Å². The van der Waals surface area contributed by atoms with Crippen LogP contribution in [0.15, 0.2) is 30.3 Å². The van der Waals surface area contributed by atoms with E-state index in [0.717, 1.165) is 0 Å².